The number of urea groups is 1. The van der Waals surface area contributed by atoms with Gasteiger partial charge in [0.15, 0.2) is 0 Å². The molecule has 1 aliphatic carbocycles. The van der Waals surface area contributed by atoms with Crippen LogP contribution < -0.4 is 15.5 Å². The van der Waals surface area contributed by atoms with Crippen LogP contribution in [-0.2, 0) is 11.2 Å². The number of nitrogens with zero attached hydrogens (tertiary/aromatic N) is 1. The number of rotatable bonds is 2. The summed E-state index contributed by atoms with van der Waals surface area (Å²) in [6, 6.07) is 5.75. The van der Waals surface area contributed by atoms with Crippen LogP contribution in [0.2, 0.25) is 0 Å². The van der Waals surface area contributed by atoms with Crippen LogP contribution in [0.15, 0.2) is 18.2 Å². The molecule has 0 radical (unpaired) electrons. The summed E-state index contributed by atoms with van der Waals surface area (Å²) in [5.41, 5.74) is 2.64. The van der Waals surface area contributed by atoms with Crippen LogP contribution in [0, 0.1) is 0 Å². The number of likely N-dealkylation sites (N-methyl/N-ethyl adjacent to an activating group) is 1. The van der Waals surface area contributed by atoms with Crippen molar-refractivity contribution in [1.29, 1.82) is 0 Å². The molecule has 3 rings (SSSR count). The van der Waals surface area contributed by atoms with Crippen molar-refractivity contribution in [1.82, 2.24) is 5.32 Å². The molecule has 0 aromatic heterocycles. The van der Waals surface area contributed by atoms with Gasteiger partial charge in [-0.25, -0.2) is 4.79 Å². The Hall–Kier alpha value is -2.04. The Morgan fingerprint density at radius 3 is 2.76 bits per heavy atom. The number of hydrogen-bond donors (Lipinski definition) is 2. The summed E-state index contributed by atoms with van der Waals surface area (Å²) in [5.74, 6) is 0.0915. The van der Waals surface area contributed by atoms with E-state index in [2.05, 4.69) is 10.6 Å². The topological polar surface area (TPSA) is 61.4 Å². The molecule has 21 heavy (non-hydrogen) atoms. The summed E-state index contributed by atoms with van der Waals surface area (Å²) >= 11 is 0. The first-order chi connectivity index (χ1) is 10.1. The van der Waals surface area contributed by atoms with Crippen molar-refractivity contribution >= 4 is 23.3 Å². The molecule has 0 saturated heterocycles. The van der Waals surface area contributed by atoms with E-state index in [0.717, 1.165) is 29.8 Å². The van der Waals surface area contributed by atoms with Crippen molar-refractivity contribution in [2.45, 2.75) is 44.6 Å². The van der Waals surface area contributed by atoms with Gasteiger partial charge in [-0.15, -0.1) is 0 Å². The highest BCUT2D eigenvalue weighted by Crippen LogP contribution is 2.30. The molecule has 5 nitrogen and oxygen atoms in total. The number of nitrogens with one attached hydrogen (secondary N) is 2. The predicted octanol–water partition coefficient (Wildman–Crippen LogP) is 2.66. The highest BCUT2D eigenvalue weighted by Gasteiger charge is 2.24. The second kappa shape index (κ2) is 5.76. The minimum atomic E-state index is -0.153. The van der Waals surface area contributed by atoms with Gasteiger partial charge in [-0.1, -0.05) is 19.3 Å². The van der Waals surface area contributed by atoms with Gasteiger partial charge in [-0.2, -0.15) is 0 Å². The maximum atomic E-state index is 12.0. The van der Waals surface area contributed by atoms with Crippen molar-refractivity contribution < 1.29 is 9.59 Å². The van der Waals surface area contributed by atoms with Gasteiger partial charge in [0.05, 0.1) is 6.42 Å². The van der Waals surface area contributed by atoms with Gasteiger partial charge in [-0.05, 0) is 36.6 Å². The quantitative estimate of drug-likeness (QED) is 0.878. The summed E-state index contributed by atoms with van der Waals surface area (Å²) in [5, 5.41) is 5.89. The van der Waals surface area contributed by atoms with E-state index in [-0.39, 0.29) is 11.9 Å². The second-order valence-electron chi connectivity index (χ2n) is 5.91. The third kappa shape index (κ3) is 3.01. The standard InChI is InChI=1S/C16H21N3O2/c1-19-14-8-7-13(9-11(14)10-15(19)20)18-16(21)17-12-5-3-2-4-6-12/h7-9,12H,2-6,10H2,1H3,(H2,17,18,21). The SMILES string of the molecule is CN1C(=O)Cc2cc(NC(=O)NC3CCCCC3)ccc21. The Morgan fingerprint density at radius 2 is 2.00 bits per heavy atom. The first-order valence-corrected chi connectivity index (χ1v) is 7.60. The van der Waals surface area contributed by atoms with Gasteiger partial charge in [0.2, 0.25) is 5.91 Å². The van der Waals surface area contributed by atoms with Crippen LogP contribution in [0.3, 0.4) is 0 Å². The van der Waals surface area contributed by atoms with Crippen LogP contribution in [0.1, 0.15) is 37.7 Å². The maximum Gasteiger partial charge on any atom is 0.319 e. The van der Waals surface area contributed by atoms with Crippen LogP contribution in [0.4, 0.5) is 16.2 Å². The van der Waals surface area contributed by atoms with Gasteiger partial charge in [0.1, 0.15) is 0 Å². The van der Waals surface area contributed by atoms with Crippen LogP contribution in [0.25, 0.3) is 0 Å². The van der Waals surface area contributed by atoms with Gasteiger partial charge < -0.3 is 15.5 Å². The van der Waals surface area contributed by atoms with Crippen LogP contribution in [0.5, 0.6) is 0 Å². The number of anilines is 2. The zero-order chi connectivity index (χ0) is 14.8. The Bertz CT molecular complexity index is 565. The third-order valence-electron chi connectivity index (χ3n) is 4.35. The smallest absolute Gasteiger partial charge is 0.319 e. The van der Waals surface area contributed by atoms with Crippen molar-refractivity contribution in [2.75, 3.05) is 17.3 Å². The molecule has 0 unspecified atom stereocenters. The molecule has 3 amide bonds. The van der Waals surface area contributed by atoms with Crippen molar-refractivity contribution in [3.63, 3.8) is 0 Å². The van der Waals surface area contributed by atoms with Gasteiger partial charge in [-0.3, -0.25) is 4.79 Å². The zero-order valence-corrected chi connectivity index (χ0v) is 12.3. The highest BCUT2D eigenvalue weighted by atomic mass is 16.2. The Labute approximate surface area is 124 Å². The number of carbonyl (C=O) groups is 2. The fraction of sp³-hybridized carbons (Fsp3) is 0.500. The molecule has 2 N–H and O–H groups in total. The van der Waals surface area contributed by atoms with E-state index in [0.29, 0.717) is 12.5 Å². The van der Waals surface area contributed by atoms with E-state index in [1.807, 2.05) is 18.2 Å². The van der Waals surface area contributed by atoms with E-state index < -0.39 is 0 Å². The summed E-state index contributed by atoms with van der Waals surface area (Å²) in [6.45, 7) is 0. The fourth-order valence-electron chi connectivity index (χ4n) is 3.15. The van der Waals surface area contributed by atoms with Crippen LogP contribution >= 0.6 is 0 Å². The first kappa shape index (κ1) is 13.9. The van der Waals surface area contributed by atoms with E-state index in [1.54, 1.807) is 11.9 Å². The molecular formula is C16H21N3O2. The summed E-state index contributed by atoms with van der Waals surface area (Å²) in [7, 11) is 1.77. The summed E-state index contributed by atoms with van der Waals surface area (Å²) < 4.78 is 0. The van der Waals surface area contributed by atoms with Crippen LogP contribution in [-0.4, -0.2) is 25.0 Å². The molecule has 0 atom stereocenters. The molecule has 1 fully saturated rings. The number of fused-ring (bicyclic) bond motifs is 1. The lowest BCUT2D eigenvalue weighted by molar-refractivity contribution is -0.117. The van der Waals surface area contributed by atoms with E-state index >= 15 is 0 Å². The molecule has 1 aliphatic heterocycles. The lowest BCUT2D eigenvalue weighted by atomic mass is 9.96. The number of hydrogen-bond acceptors (Lipinski definition) is 2. The molecule has 0 bridgehead atoms. The molecule has 1 aromatic rings. The average Bonchev–Trinajstić information content (AvgIpc) is 2.74. The molecular weight excluding hydrogens is 266 g/mol. The minimum absolute atomic E-state index is 0.0915. The lowest BCUT2D eigenvalue weighted by Gasteiger charge is -2.23. The predicted molar refractivity (Wildman–Crippen MR) is 82.6 cm³/mol. The second-order valence-corrected chi connectivity index (χ2v) is 5.91. The molecule has 1 heterocycles. The highest BCUT2D eigenvalue weighted by molar-refractivity contribution is 6.01. The number of amides is 3. The molecule has 112 valence electrons. The zero-order valence-electron chi connectivity index (χ0n) is 12.3. The molecule has 5 heteroatoms. The van der Waals surface area contributed by atoms with Gasteiger partial charge in [0, 0.05) is 24.5 Å². The van der Waals surface area contributed by atoms with E-state index in [4.69, 9.17) is 0 Å². The van der Waals surface area contributed by atoms with Gasteiger partial charge in [0.25, 0.3) is 0 Å². The normalized spacial score (nSPS) is 18.5. The molecule has 0 spiro atoms. The monoisotopic (exact) mass is 287 g/mol. The largest absolute Gasteiger partial charge is 0.335 e. The fourth-order valence-corrected chi connectivity index (χ4v) is 3.15. The Kier molecular flexibility index (Phi) is 3.82. The first-order valence-electron chi connectivity index (χ1n) is 7.60. The van der Waals surface area contributed by atoms with Crippen molar-refractivity contribution in [3.05, 3.63) is 23.8 Å². The summed E-state index contributed by atoms with van der Waals surface area (Å²) in [6.07, 6.45) is 6.20. The van der Waals surface area contributed by atoms with Crippen molar-refractivity contribution in [2.24, 2.45) is 0 Å². The Balaban J connectivity index is 1.62. The van der Waals surface area contributed by atoms with Gasteiger partial charge >= 0.3 is 6.03 Å². The van der Waals surface area contributed by atoms with E-state index in [1.165, 1.54) is 19.3 Å². The van der Waals surface area contributed by atoms with E-state index in [9.17, 15) is 9.59 Å². The van der Waals surface area contributed by atoms with Crippen molar-refractivity contribution in [3.8, 4) is 0 Å². The maximum absolute atomic E-state index is 12.0. The number of benzene rings is 1. The Morgan fingerprint density at radius 1 is 1.24 bits per heavy atom. The summed E-state index contributed by atoms with van der Waals surface area (Å²) in [4.78, 5) is 25.3. The number of carbonyl (C=O) groups excluding carboxylic acids is 2. The minimum Gasteiger partial charge on any atom is -0.335 e. The molecule has 2 aliphatic rings. The average molecular weight is 287 g/mol. The lowest BCUT2D eigenvalue weighted by Crippen LogP contribution is -2.39. The third-order valence-corrected chi connectivity index (χ3v) is 4.35. The molecule has 1 aromatic carbocycles. The molecule has 1 saturated carbocycles.